The second-order valence-electron chi connectivity index (χ2n) is 4.76. The Hall–Kier alpha value is -0.590. The van der Waals surface area contributed by atoms with Crippen LogP contribution in [0.5, 0.6) is 0 Å². The van der Waals surface area contributed by atoms with E-state index in [-0.39, 0.29) is 0 Å². The molecule has 1 aromatic heterocycles. The van der Waals surface area contributed by atoms with Gasteiger partial charge in [-0.05, 0) is 37.5 Å². The van der Waals surface area contributed by atoms with Crippen LogP contribution in [-0.4, -0.2) is 58.3 Å². The van der Waals surface area contributed by atoms with Gasteiger partial charge in [-0.25, -0.2) is 0 Å². The first-order valence-electron chi connectivity index (χ1n) is 7.24. The Morgan fingerprint density at radius 3 is 2.50 bits per heavy atom. The number of aromatic nitrogens is 3. The van der Waals surface area contributed by atoms with Gasteiger partial charge in [0, 0.05) is 25.4 Å². The predicted octanol–water partition coefficient (Wildman–Crippen LogP) is 2.56. The van der Waals surface area contributed by atoms with Gasteiger partial charge in [0.1, 0.15) is 0 Å². The first-order valence-corrected chi connectivity index (χ1v) is 8.61. The lowest BCUT2D eigenvalue weighted by atomic mass is 10.4. The molecule has 0 N–H and O–H groups in total. The summed E-state index contributed by atoms with van der Waals surface area (Å²) in [6, 6.07) is 0. The van der Waals surface area contributed by atoms with E-state index in [1.54, 1.807) is 11.8 Å². The average Bonchev–Trinajstić information content (AvgIpc) is 2.97. The molecule has 0 aromatic carbocycles. The Morgan fingerprint density at radius 1 is 1.15 bits per heavy atom. The van der Waals surface area contributed by atoms with Crippen molar-refractivity contribution in [1.29, 1.82) is 0 Å². The minimum absolute atomic E-state index is 0.298. The van der Waals surface area contributed by atoms with Gasteiger partial charge in [-0.3, -0.25) is 0 Å². The lowest BCUT2D eigenvalue weighted by Crippen LogP contribution is -2.25. The summed E-state index contributed by atoms with van der Waals surface area (Å²) in [5, 5.41) is 1.03. The van der Waals surface area contributed by atoms with Gasteiger partial charge in [0.25, 0.3) is 0 Å². The van der Waals surface area contributed by atoms with Crippen LogP contribution in [0.4, 0.5) is 5.95 Å². The van der Waals surface area contributed by atoms with Crippen molar-refractivity contribution in [3.05, 3.63) is 5.28 Å². The Labute approximate surface area is 130 Å². The minimum Gasteiger partial charge on any atom is -0.341 e. The SMILES string of the molecule is CCN(CC)CCSc1nc(Cl)nc(N2CCCC2)n1. The van der Waals surface area contributed by atoms with E-state index in [0.29, 0.717) is 5.28 Å². The molecule has 1 fully saturated rings. The number of thioether (sulfide) groups is 1. The zero-order valence-electron chi connectivity index (χ0n) is 12.2. The molecular formula is C13H22ClN5S. The van der Waals surface area contributed by atoms with Crippen molar-refractivity contribution in [2.24, 2.45) is 0 Å². The van der Waals surface area contributed by atoms with Gasteiger partial charge in [0.15, 0.2) is 5.16 Å². The van der Waals surface area contributed by atoms with Crippen LogP contribution in [0.2, 0.25) is 5.28 Å². The Balaban J connectivity index is 1.93. The molecule has 0 aliphatic carbocycles. The summed E-state index contributed by atoms with van der Waals surface area (Å²) in [7, 11) is 0. The highest BCUT2D eigenvalue weighted by molar-refractivity contribution is 7.99. The number of rotatable bonds is 7. The molecule has 0 bridgehead atoms. The van der Waals surface area contributed by atoms with Crippen LogP contribution in [0.25, 0.3) is 0 Å². The summed E-state index contributed by atoms with van der Waals surface area (Å²) in [6.45, 7) is 9.59. The third-order valence-electron chi connectivity index (χ3n) is 3.50. The Kier molecular flexibility index (Phi) is 6.32. The van der Waals surface area contributed by atoms with Crippen molar-refractivity contribution in [2.75, 3.05) is 43.4 Å². The van der Waals surface area contributed by atoms with Crippen molar-refractivity contribution in [2.45, 2.75) is 31.8 Å². The third-order valence-corrected chi connectivity index (χ3v) is 4.49. The van der Waals surface area contributed by atoms with Gasteiger partial charge in [-0.2, -0.15) is 15.0 Å². The van der Waals surface area contributed by atoms with Crippen molar-refractivity contribution in [1.82, 2.24) is 19.9 Å². The maximum atomic E-state index is 6.01. The summed E-state index contributed by atoms with van der Waals surface area (Å²) in [4.78, 5) is 17.5. The van der Waals surface area contributed by atoms with Gasteiger partial charge in [-0.1, -0.05) is 25.6 Å². The highest BCUT2D eigenvalue weighted by Gasteiger charge is 2.17. The van der Waals surface area contributed by atoms with E-state index in [0.717, 1.165) is 49.6 Å². The molecule has 0 saturated carbocycles. The number of hydrogen-bond acceptors (Lipinski definition) is 6. The lowest BCUT2D eigenvalue weighted by Gasteiger charge is -2.17. The standard InChI is InChI=1S/C13H22ClN5S/c1-3-18(4-2)9-10-20-13-16-11(14)15-12(17-13)19-7-5-6-8-19/h3-10H2,1-2H3. The largest absolute Gasteiger partial charge is 0.341 e. The fraction of sp³-hybridized carbons (Fsp3) is 0.769. The molecule has 0 amide bonds. The van der Waals surface area contributed by atoms with Gasteiger partial charge < -0.3 is 9.80 Å². The van der Waals surface area contributed by atoms with Crippen LogP contribution in [0, 0.1) is 0 Å². The van der Waals surface area contributed by atoms with Gasteiger partial charge in [0.2, 0.25) is 11.2 Å². The van der Waals surface area contributed by atoms with Crippen molar-refractivity contribution in [3.8, 4) is 0 Å². The maximum Gasteiger partial charge on any atom is 0.230 e. The molecule has 7 heteroatoms. The predicted molar refractivity (Wildman–Crippen MR) is 84.8 cm³/mol. The van der Waals surface area contributed by atoms with Crippen LogP contribution in [0.15, 0.2) is 5.16 Å². The molecule has 1 aromatic rings. The Morgan fingerprint density at radius 2 is 1.85 bits per heavy atom. The first kappa shape index (κ1) is 15.8. The number of halogens is 1. The number of nitrogens with zero attached hydrogens (tertiary/aromatic N) is 5. The monoisotopic (exact) mass is 315 g/mol. The molecule has 0 spiro atoms. The molecule has 20 heavy (non-hydrogen) atoms. The second kappa shape index (κ2) is 8.00. The summed E-state index contributed by atoms with van der Waals surface area (Å²) in [6.07, 6.45) is 2.40. The fourth-order valence-corrected chi connectivity index (χ4v) is 3.29. The summed E-state index contributed by atoms with van der Waals surface area (Å²) < 4.78 is 0. The van der Waals surface area contributed by atoms with E-state index in [1.165, 1.54) is 12.8 Å². The molecule has 1 saturated heterocycles. The van der Waals surface area contributed by atoms with Crippen LogP contribution in [0.1, 0.15) is 26.7 Å². The topological polar surface area (TPSA) is 45.2 Å². The first-order chi connectivity index (χ1) is 9.72. The molecule has 0 radical (unpaired) electrons. The molecule has 5 nitrogen and oxygen atoms in total. The molecule has 1 aliphatic rings. The quantitative estimate of drug-likeness (QED) is 0.721. The number of hydrogen-bond donors (Lipinski definition) is 0. The average molecular weight is 316 g/mol. The van der Waals surface area contributed by atoms with Gasteiger partial charge in [-0.15, -0.1) is 0 Å². The molecule has 2 rings (SSSR count). The molecule has 0 atom stereocenters. The smallest absolute Gasteiger partial charge is 0.230 e. The van der Waals surface area contributed by atoms with Crippen molar-refractivity contribution >= 4 is 29.3 Å². The second-order valence-corrected chi connectivity index (χ2v) is 6.16. The molecule has 112 valence electrons. The normalized spacial score (nSPS) is 15.3. The maximum absolute atomic E-state index is 6.01. The highest BCUT2D eigenvalue weighted by atomic mass is 35.5. The summed E-state index contributed by atoms with van der Waals surface area (Å²) in [5.74, 6) is 1.70. The van der Waals surface area contributed by atoms with Gasteiger partial charge in [0.05, 0.1) is 0 Å². The van der Waals surface area contributed by atoms with E-state index in [2.05, 4.69) is 38.6 Å². The van der Waals surface area contributed by atoms with Crippen LogP contribution < -0.4 is 4.90 Å². The number of anilines is 1. The van der Waals surface area contributed by atoms with E-state index in [9.17, 15) is 0 Å². The van der Waals surface area contributed by atoms with E-state index >= 15 is 0 Å². The van der Waals surface area contributed by atoms with Crippen molar-refractivity contribution < 1.29 is 0 Å². The zero-order valence-corrected chi connectivity index (χ0v) is 13.8. The molecule has 0 unspecified atom stereocenters. The van der Waals surface area contributed by atoms with E-state index in [1.807, 2.05) is 0 Å². The zero-order chi connectivity index (χ0) is 14.4. The third kappa shape index (κ3) is 4.46. The van der Waals surface area contributed by atoms with Crippen LogP contribution in [0.3, 0.4) is 0 Å². The van der Waals surface area contributed by atoms with Crippen LogP contribution >= 0.6 is 23.4 Å². The lowest BCUT2D eigenvalue weighted by molar-refractivity contribution is 0.324. The summed E-state index contributed by atoms with van der Waals surface area (Å²) in [5.41, 5.74) is 0. The van der Waals surface area contributed by atoms with Crippen LogP contribution in [-0.2, 0) is 0 Å². The summed E-state index contributed by atoms with van der Waals surface area (Å²) >= 11 is 7.66. The van der Waals surface area contributed by atoms with E-state index < -0.39 is 0 Å². The molecule has 1 aliphatic heterocycles. The Bertz CT molecular complexity index is 421. The minimum atomic E-state index is 0.298. The van der Waals surface area contributed by atoms with Crippen molar-refractivity contribution in [3.63, 3.8) is 0 Å². The molecule has 2 heterocycles. The fourth-order valence-electron chi connectivity index (χ4n) is 2.25. The highest BCUT2D eigenvalue weighted by Crippen LogP contribution is 2.21. The van der Waals surface area contributed by atoms with E-state index in [4.69, 9.17) is 11.6 Å². The molecular weight excluding hydrogens is 294 g/mol. The van der Waals surface area contributed by atoms with Gasteiger partial charge >= 0.3 is 0 Å².